The van der Waals surface area contributed by atoms with E-state index in [1.54, 1.807) is 6.92 Å². The largest absolute Gasteiger partial charge is 0.481 e. The van der Waals surface area contributed by atoms with Crippen molar-refractivity contribution in [3.63, 3.8) is 0 Å². The lowest BCUT2D eigenvalue weighted by Crippen LogP contribution is -2.65. The first-order valence-corrected chi connectivity index (χ1v) is 6.46. The van der Waals surface area contributed by atoms with Crippen LogP contribution in [0.5, 0.6) is 0 Å². The number of nitrogens with zero attached hydrogens (tertiary/aromatic N) is 1. The van der Waals surface area contributed by atoms with Crippen LogP contribution in [0, 0.1) is 16.7 Å². The Kier molecular flexibility index (Phi) is 2.11. The lowest BCUT2D eigenvalue weighted by atomic mass is 9.41. The van der Waals surface area contributed by atoms with Gasteiger partial charge < -0.3 is 10.0 Å². The third kappa shape index (κ3) is 1.36. The van der Waals surface area contributed by atoms with Gasteiger partial charge in [-0.25, -0.2) is 0 Å². The lowest BCUT2D eigenvalue weighted by molar-refractivity contribution is -0.197. The summed E-state index contributed by atoms with van der Waals surface area (Å²) in [6.45, 7) is 3.31. The van der Waals surface area contributed by atoms with Gasteiger partial charge in [0.15, 0.2) is 0 Å². The van der Waals surface area contributed by atoms with E-state index in [9.17, 15) is 14.7 Å². The number of carboxylic acids is 1. The van der Waals surface area contributed by atoms with Gasteiger partial charge in [0.2, 0.25) is 5.91 Å². The average Bonchev–Trinajstić information content (AvgIpc) is 2.13. The summed E-state index contributed by atoms with van der Waals surface area (Å²) in [6, 6.07) is 0. The maximum Gasteiger partial charge on any atom is 0.309 e. The molecule has 4 rings (SSSR count). The van der Waals surface area contributed by atoms with Crippen LogP contribution in [0.2, 0.25) is 0 Å². The summed E-state index contributed by atoms with van der Waals surface area (Å²) < 4.78 is 0. The molecule has 0 spiro atoms. The zero-order valence-electron chi connectivity index (χ0n) is 10.2. The van der Waals surface area contributed by atoms with Crippen molar-refractivity contribution in [1.29, 1.82) is 0 Å². The van der Waals surface area contributed by atoms with Gasteiger partial charge >= 0.3 is 5.97 Å². The molecule has 0 radical (unpaired) electrons. The van der Waals surface area contributed by atoms with Crippen LogP contribution in [0.25, 0.3) is 0 Å². The van der Waals surface area contributed by atoms with Gasteiger partial charge in [-0.05, 0) is 37.0 Å². The van der Waals surface area contributed by atoms with Gasteiger partial charge in [0.1, 0.15) is 0 Å². The second-order valence-electron chi connectivity index (χ2n) is 6.28. The molecule has 0 aromatic rings. The Labute approximate surface area is 101 Å². The zero-order valence-corrected chi connectivity index (χ0v) is 10.2. The topological polar surface area (TPSA) is 57.6 Å². The summed E-state index contributed by atoms with van der Waals surface area (Å²) in [6.07, 6.45) is 4.77. The standard InChI is InChI=1S/C13H19NO3/c1-9(15)14-5-10(6-14)12-3-2-4-13(7-12,8-12)11(16)17/h10H,2-8H2,1H3,(H,16,17). The van der Waals surface area contributed by atoms with Crippen LogP contribution in [0.3, 0.4) is 0 Å². The van der Waals surface area contributed by atoms with Crippen molar-refractivity contribution in [1.82, 2.24) is 4.90 Å². The highest BCUT2D eigenvalue weighted by molar-refractivity contribution is 5.77. The van der Waals surface area contributed by atoms with Crippen LogP contribution in [0.15, 0.2) is 0 Å². The highest BCUT2D eigenvalue weighted by Gasteiger charge is 2.65. The van der Waals surface area contributed by atoms with Gasteiger partial charge in [-0.1, -0.05) is 6.42 Å². The van der Waals surface area contributed by atoms with E-state index in [1.807, 2.05) is 4.90 Å². The molecule has 94 valence electrons. The third-order valence-corrected chi connectivity index (χ3v) is 5.36. The predicted molar refractivity (Wildman–Crippen MR) is 61.3 cm³/mol. The summed E-state index contributed by atoms with van der Waals surface area (Å²) in [4.78, 5) is 24.3. The summed E-state index contributed by atoms with van der Waals surface area (Å²) in [5.74, 6) is 0.104. The molecule has 1 aliphatic heterocycles. The Morgan fingerprint density at radius 2 is 1.88 bits per heavy atom. The SMILES string of the molecule is CC(=O)N1CC(C23CCCC(C(=O)O)(C2)C3)C1. The molecule has 0 atom stereocenters. The number of carbonyl (C=O) groups excluding carboxylic acids is 1. The zero-order chi connectivity index (χ0) is 12.3. The molecule has 3 aliphatic carbocycles. The van der Waals surface area contributed by atoms with E-state index in [1.165, 1.54) is 6.42 Å². The normalized spacial score (nSPS) is 40.4. The molecule has 2 bridgehead atoms. The smallest absolute Gasteiger partial charge is 0.309 e. The van der Waals surface area contributed by atoms with Crippen LogP contribution >= 0.6 is 0 Å². The minimum absolute atomic E-state index is 0.150. The second-order valence-corrected chi connectivity index (χ2v) is 6.28. The second kappa shape index (κ2) is 3.24. The van der Waals surface area contributed by atoms with Gasteiger partial charge in [-0.15, -0.1) is 0 Å². The van der Waals surface area contributed by atoms with Gasteiger partial charge in [0, 0.05) is 20.0 Å². The van der Waals surface area contributed by atoms with Crippen LogP contribution < -0.4 is 0 Å². The number of carboxylic acid groups (broad SMARTS) is 1. The number of fused-ring (bicyclic) bond motifs is 2. The van der Waals surface area contributed by atoms with Gasteiger partial charge in [0.25, 0.3) is 0 Å². The molecule has 4 aliphatic rings. The summed E-state index contributed by atoms with van der Waals surface area (Å²) in [5, 5.41) is 9.30. The van der Waals surface area contributed by atoms with Crippen LogP contribution in [0.1, 0.15) is 39.0 Å². The molecule has 1 heterocycles. The fraction of sp³-hybridized carbons (Fsp3) is 0.846. The van der Waals surface area contributed by atoms with Crippen molar-refractivity contribution in [2.24, 2.45) is 16.7 Å². The van der Waals surface area contributed by atoms with Gasteiger partial charge in [-0.3, -0.25) is 9.59 Å². The molecule has 1 saturated heterocycles. The molecular formula is C13H19NO3. The fourth-order valence-electron chi connectivity index (χ4n) is 4.30. The Morgan fingerprint density at radius 3 is 2.41 bits per heavy atom. The summed E-state index contributed by atoms with van der Waals surface area (Å²) in [5.41, 5.74) is -0.155. The maximum absolute atomic E-state index is 11.3. The van der Waals surface area contributed by atoms with Crippen LogP contribution in [-0.4, -0.2) is 35.0 Å². The lowest BCUT2D eigenvalue weighted by Gasteiger charge is -2.65. The van der Waals surface area contributed by atoms with Crippen molar-refractivity contribution in [2.45, 2.75) is 39.0 Å². The number of aliphatic carboxylic acids is 1. The molecule has 4 heteroatoms. The Balaban J connectivity index is 1.67. The predicted octanol–water partition coefficient (Wildman–Crippen LogP) is 1.50. The van der Waals surface area contributed by atoms with E-state index in [0.717, 1.165) is 38.8 Å². The molecule has 1 amide bonds. The number of hydrogen-bond acceptors (Lipinski definition) is 2. The number of likely N-dealkylation sites (tertiary alicyclic amines) is 1. The summed E-state index contributed by atoms with van der Waals surface area (Å²) in [7, 11) is 0. The van der Waals surface area contributed by atoms with E-state index < -0.39 is 11.4 Å². The number of carbonyl (C=O) groups is 2. The molecule has 17 heavy (non-hydrogen) atoms. The first kappa shape index (κ1) is 11.1. The molecule has 4 fully saturated rings. The van der Waals surface area contributed by atoms with Crippen molar-refractivity contribution < 1.29 is 14.7 Å². The van der Waals surface area contributed by atoms with E-state index >= 15 is 0 Å². The van der Waals surface area contributed by atoms with Gasteiger partial charge in [-0.2, -0.15) is 0 Å². The van der Waals surface area contributed by atoms with E-state index in [4.69, 9.17) is 0 Å². The van der Waals surface area contributed by atoms with Crippen LogP contribution in [-0.2, 0) is 9.59 Å². The highest BCUT2D eigenvalue weighted by atomic mass is 16.4. The quantitative estimate of drug-likeness (QED) is 0.791. The molecular weight excluding hydrogens is 218 g/mol. The monoisotopic (exact) mass is 237 g/mol. The van der Waals surface area contributed by atoms with E-state index in [2.05, 4.69) is 0 Å². The Hall–Kier alpha value is -1.06. The van der Waals surface area contributed by atoms with Crippen molar-refractivity contribution in [2.75, 3.05) is 13.1 Å². The molecule has 4 nitrogen and oxygen atoms in total. The number of rotatable bonds is 2. The highest BCUT2D eigenvalue weighted by Crippen LogP contribution is 2.67. The minimum atomic E-state index is -0.601. The maximum atomic E-state index is 11.3. The minimum Gasteiger partial charge on any atom is -0.481 e. The fourth-order valence-corrected chi connectivity index (χ4v) is 4.30. The molecule has 0 unspecified atom stereocenters. The van der Waals surface area contributed by atoms with Crippen molar-refractivity contribution in [3.05, 3.63) is 0 Å². The number of amides is 1. The average molecular weight is 237 g/mol. The Bertz CT molecular complexity index is 378. The van der Waals surface area contributed by atoms with Crippen molar-refractivity contribution in [3.8, 4) is 0 Å². The first-order chi connectivity index (χ1) is 7.97. The molecule has 3 saturated carbocycles. The summed E-state index contributed by atoms with van der Waals surface area (Å²) >= 11 is 0. The van der Waals surface area contributed by atoms with Gasteiger partial charge in [0.05, 0.1) is 5.41 Å². The van der Waals surface area contributed by atoms with Crippen LogP contribution in [0.4, 0.5) is 0 Å². The van der Waals surface area contributed by atoms with E-state index in [0.29, 0.717) is 5.92 Å². The molecule has 1 N–H and O–H groups in total. The first-order valence-electron chi connectivity index (χ1n) is 6.46. The van der Waals surface area contributed by atoms with Crippen molar-refractivity contribution >= 4 is 11.9 Å². The van der Waals surface area contributed by atoms with E-state index in [-0.39, 0.29) is 11.3 Å². The third-order valence-electron chi connectivity index (χ3n) is 5.36. The number of hydrogen-bond donors (Lipinski definition) is 1. The molecule has 0 aromatic carbocycles. The molecule has 0 aromatic heterocycles. The Morgan fingerprint density at radius 1 is 1.24 bits per heavy atom.